The Kier molecular flexibility index (Phi) is 6.15. The summed E-state index contributed by atoms with van der Waals surface area (Å²) < 4.78 is 0. The number of hydrogen-bond donors (Lipinski definition) is 2. The third-order valence-electron chi connectivity index (χ3n) is 3.89. The van der Waals surface area contributed by atoms with Gasteiger partial charge in [-0.2, -0.15) is 5.10 Å². The van der Waals surface area contributed by atoms with Crippen LogP contribution in [0.15, 0.2) is 90.0 Å². The fraction of sp³-hybridized carbons (Fsp3) is 0.0455. The van der Waals surface area contributed by atoms with Gasteiger partial charge in [0.1, 0.15) is 6.42 Å². The molecule has 0 aliphatic carbocycles. The first-order valence-corrected chi connectivity index (χ1v) is 8.67. The van der Waals surface area contributed by atoms with Gasteiger partial charge < -0.3 is 10.0 Å². The van der Waals surface area contributed by atoms with Gasteiger partial charge in [0, 0.05) is 17.1 Å². The van der Waals surface area contributed by atoms with Crippen molar-refractivity contribution in [1.82, 2.24) is 5.43 Å². The Morgan fingerprint density at radius 2 is 1.32 bits per heavy atom. The number of nitrogens with one attached hydrogen (secondary N) is 1. The summed E-state index contributed by atoms with van der Waals surface area (Å²) in [6.07, 6.45) is 0.859. The molecule has 0 aliphatic heterocycles. The molecule has 3 aromatic rings. The molecule has 0 saturated carbocycles. The van der Waals surface area contributed by atoms with Crippen LogP contribution in [0.2, 0.25) is 0 Å². The van der Waals surface area contributed by atoms with Crippen LogP contribution in [-0.2, 0) is 9.59 Å². The van der Waals surface area contributed by atoms with Gasteiger partial charge in [-0.3, -0.25) is 9.59 Å². The Labute approximate surface area is 162 Å². The Morgan fingerprint density at radius 3 is 1.82 bits per heavy atom. The molecule has 0 saturated heterocycles. The highest BCUT2D eigenvalue weighted by atomic mass is 16.4. The predicted octanol–water partition coefficient (Wildman–Crippen LogP) is 4.08. The standard InChI is InChI=1S/C22H19N3O3/c26-21(15-22(27)28)24-23-16-17-11-13-20(14-12-17)25(18-7-3-1-4-8-18)19-9-5-2-6-10-19/h1-14,16H,15H2,(H,24,26)(H,27,28)/b23-16+. The van der Waals surface area contributed by atoms with Gasteiger partial charge in [0.15, 0.2) is 0 Å². The summed E-state index contributed by atoms with van der Waals surface area (Å²) in [6.45, 7) is 0. The Balaban J connectivity index is 1.79. The monoisotopic (exact) mass is 373 g/mol. The SMILES string of the molecule is O=C(O)CC(=O)N/N=C/c1ccc(N(c2ccccc2)c2ccccc2)cc1. The number of hydrazone groups is 1. The van der Waals surface area contributed by atoms with Crippen molar-refractivity contribution < 1.29 is 14.7 Å². The van der Waals surface area contributed by atoms with Crippen LogP contribution in [0, 0.1) is 0 Å². The number of carbonyl (C=O) groups excluding carboxylic acids is 1. The van der Waals surface area contributed by atoms with E-state index >= 15 is 0 Å². The molecule has 0 spiro atoms. The fourth-order valence-electron chi connectivity index (χ4n) is 2.67. The number of benzene rings is 3. The van der Waals surface area contributed by atoms with Crippen molar-refractivity contribution in [3.63, 3.8) is 0 Å². The van der Waals surface area contributed by atoms with E-state index in [0.29, 0.717) is 0 Å². The normalized spacial score (nSPS) is 10.6. The summed E-state index contributed by atoms with van der Waals surface area (Å²) in [6, 6.07) is 27.8. The first-order valence-electron chi connectivity index (χ1n) is 8.67. The van der Waals surface area contributed by atoms with Crippen molar-refractivity contribution >= 4 is 35.2 Å². The number of aliphatic carboxylic acids is 1. The van der Waals surface area contributed by atoms with E-state index in [4.69, 9.17) is 5.11 Å². The number of rotatable bonds is 7. The molecular weight excluding hydrogens is 354 g/mol. The number of hydrogen-bond acceptors (Lipinski definition) is 4. The van der Waals surface area contributed by atoms with Crippen LogP contribution in [0.4, 0.5) is 17.1 Å². The molecule has 0 atom stereocenters. The second-order valence-corrected chi connectivity index (χ2v) is 5.96. The van der Waals surface area contributed by atoms with Gasteiger partial charge in [-0.1, -0.05) is 48.5 Å². The van der Waals surface area contributed by atoms with Crippen molar-refractivity contribution in [3.05, 3.63) is 90.5 Å². The molecule has 0 fully saturated rings. The smallest absolute Gasteiger partial charge is 0.312 e. The summed E-state index contributed by atoms with van der Waals surface area (Å²) in [5, 5.41) is 12.3. The van der Waals surface area contributed by atoms with Crippen molar-refractivity contribution in [1.29, 1.82) is 0 Å². The van der Waals surface area contributed by atoms with Crippen molar-refractivity contribution in [2.45, 2.75) is 6.42 Å². The van der Waals surface area contributed by atoms with Gasteiger partial charge in [-0.25, -0.2) is 5.43 Å². The van der Waals surface area contributed by atoms with Crippen molar-refractivity contribution in [3.8, 4) is 0 Å². The Bertz CT molecular complexity index is 916. The lowest BCUT2D eigenvalue weighted by molar-refractivity contribution is -0.140. The summed E-state index contributed by atoms with van der Waals surface area (Å²) in [5.74, 6) is -1.86. The maximum Gasteiger partial charge on any atom is 0.312 e. The van der Waals surface area contributed by atoms with Gasteiger partial charge in [0.2, 0.25) is 0 Å². The van der Waals surface area contributed by atoms with Crippen LogP contribution in [0.1, 0.15) is 12.0 Å². The Morgan fingerprint density at radius 1 is 0.821 bits per heavy atom. The molecule has 0 bridgehead atoms. The van der Waals surface area contributed by atoms with E-state index in [2.05, 4.69) is 15.4 Å². The molecular formula is C22H19N3O3. The fourth-order valence-corrected chi connectivity index (χ4v) is 2.67. The molecule has 6 nitrogen and oxygen atoms in total. The van der Waals surface area contributed by atoms with E-state index in [1.807, 2.05) is 84.9 Å². The van der Waals surface area contributed by atoms with Crippen LogP contribution < -0.4 is 10.3 Å². The van der Waals surface area contributed by atoms with E-state index in [1.165, 1.54) is 6.21 Å². The topological polar surface area (TPSA) is 82.0 Å². The summed E-state index contributed by atoms with van der Waals surface area (Å²) in [7, 11) is 0. The zero-order valence-corrected chi connectivity index (χ0v) is 15.0. The first-order chi connectivity index (χ1) is 13.6. The molecule has 3 aromatic carbocycles. The predicted molar refractivity (Wildman–Crippen MR) is 109 cm³/mol. The van der Waals surface area contributed by atoms with Crippen LogP contribution in [0.3, 0.4) is 0 Å². The molecule has 0 aromatic heterocycles. The molecule has 3 rings (SSSR count). The average molecular weight is 373 g/mol. The van der Waals surface area contributed by atoms with E-state index in [9.17, 15) is 9.59 Å². The lowest BCUT2D eigenvalue weighted by Crippen LogP contribution is -2.20. The van der Waals surface area contributed by atoms with Crippen LogP contribution in [-0.4, -0.2) is 23.2 Å². The number of nitrogens with zero attached hydrogens (tertiary/aromatic N) is 2. The maximum absolute atomic E-state index is 11.3. The zero-order chi connectivity index (χ0) is 19.8. The van der Waals surface area contributed by atoms with Crippen LogP contribution in [0.25, 0.3) is 0 Å². The van der Waals surface area contributed by atoms with Crippen molar-refractivity contribution in [2.24, 2.45) is 5.10 Å². The minimum absolute atomic E-state index is 0.612. The van der Waals surface area contributed by atoms with E-state index in [1.54, 1.807) is 0 Å². The third-order valence-corrected chi connectivity index (χ3v) is 3.89. The number of carbonyl (C=O) groups is 2. The Hall–Kier alpha value is -3.93. The highest BCUT2D eigenvalue weighted by Gasteiger charge is 2.11. The van der Waals surface area contributed by atoms with Gasteiger partial charge >= 0.3 is 5.97 Å². The molecule has 6 heteroatoms. The third kappa shape index (κ3) is 5.04. The highest BCUT2D eigenvalue weighted by Crippen LogP contribution is 2.33. The first kappa shape index (κ1) is 18.8. The van der Waals surface area contributed by atoms with E-state index in [-0.39, 0.29) is 0 Å². The van der Waals surface area contributed by atoms with Gasteiger partial charge in [0.05, 0.1) is 6.21 Å². The lowest BCUT2D eigenvalue weighted by atomic mass is 10.1. The minimum atomic E-state index is -1.20. The maximum atomic E-state index is 11.3. The quantitative estimate of drug-likeness (QED) is 0.371. The second-order valence-electron chi connectivity index (χ2n) is 5.96. The molecule has 0 heterocycles. The molecule has 2 N–H and O–H groups in total. The number of anilines is 3. The number of carboxylic acid groups (broad SMARTS) is 1. The highest BCUT2D eigenvalue weighted by molar-refractivity contribution is 5.93. The zero-order valence-electron chi connectivity index (χ0n) is 15.0. The van der Waals surface area contributed by atoms with Gasteiger partial charge in [-0.15, -0.1) is 0 Å². The van der Waals surface area contributed by atoms with Crippen LogP contribution in [0.5, 0.6) is 0 Å². The molecule has 140 valence electrons. The van der Waals surface area contributed by atoms with Crippen LogP contribution >= 0.6 is 0 Å². The van der Waals surface area contributed by atoms with Gasteiger partial charge in [-0.05, 0) is 42.0 Å². The van der Waals surface area contributed by atoms with Crippen molar-refractivity contribution in [2.75, 3.05) is 4.90 Å². The van der Waals surface area contributed by atoms with Gasteiger partial charge in [0.25, 0.3) is 5.91 Å². The summed E-state index contributed by atoms with van der Waals surface area (Å²) >= 11 is 0. The minimum Gasteiger partial charge on any atom is -0.481 e. The largest absolute Gasteiger partial charge is 0.481 e. The molecule has 0 unspecified atom stereocenters. The second kappa shape index (κ2) is 9.14. The molecule has 0 radical (unpaired) electrons. The number of para-hydroxylation sites is 2. The summed E-state index contributed by atoms with van der Waals surface area (Å²) in [4.78, 5) is 23.9. The summed E-state index contributed by atoms with van der Waals surface area (Å²) in [5.41, 5.74) is 6.02. The molecule has 28 heavy (non-hydrogen) atoms. The molecule has 0 aliphatic rings. The number of carboxylic acids is 1. The molecule has 1 amide bonds. The van der Waals surface area contributed by atoms with E-state index in [0.717, 1.165) is 22.6 Å². The average Bonchev–Trinajstić information content (AvgIpc) is 2.70. The number of amides is 1. The van der Waals surface area contributed by atoms with E-state index < -0.39 is 18.3 Å². The lowest BCUT2D eigenvalue weighted by Gasteiger charge is -2.25.